The number of hydrogen-bond acceptors (Lipinski definition) is 5. The summed E-state index contributed by atoms with van der Waals surface area (Å²) in [6.07, 6.45) is 1.32. The molecule has 108 valence electrons. The number of nitrogens with zero attached hydrogens (tertiary/aromatic N) is 2. The Balaban J connectivity index is 1.74. The highest BCUT2D eigenvalue weighted by Gasteiger charge is 2.41. The maximum absolute atomic E-state index is 12.4. The highest BCUT2D eigenvalue weighted by molar-refractivity contribution is 5.88. The number of likely N-dealkylation sites (tertiary alicyclic amines) is 1. The van der Waals surface area contributed by atoms with E-state index >= 15 is 0 Å². The number of H-pyrrole nitrogens is 1. The predicted molar refractivity (Wildman–Crippen MR) is 66.7 cm³/mol. The van der Waals surface area contributed by atoms with E-state index in [0.717, 1.165) is 11.4 Å². The van der Waals surface area contributed by atoms with Gasteiger partial charge in [-0.05, 0) is 0 Å². The second kappa shape index (κ2) is 4.88. The fraction of sp³-hybridized carbons (Fsp3) is 0.583. The Morgan fingerprint density at radius 3 is 3.00 bits per heavy atom. The van der Waals surface area contributed by atoms with E-state index in [9.17, 15) is 14.7 Å². The van der Waals surface area contributed by atoms with E-state index in [2.05, 4.69) is 15.3 Å². The van der Waals surface area contributed by atoms with E-state index in [1.54, 1.807) is 6.33 Å². The molecule has 8 nitrogen and oxygen atoms in total. The number of aliphatic hydroxyl groups is 1. The van der Waals surface area contributed by atoms with Crippen LogP contribution in [0.4, 0.5) is 0 Å². The quantitative estimate of drug-likeness (QED) is 0.522. The highest BCUT2D eigenvalue weighted by atomic mass is 16.4. The summed E-state index contributed by atoms with van der Waals surface area (Å²) in [6, 6.07) is -1.43. The summed E-state index contributed by atoms with van der Waals surface area (Å²) < 4.78 is 0. The average Bonchev–Trinajstić information content (AvgIpc) is 3.02. The van der Waals surface area contributed by atoms with Crippen LogP contribution in [0.5, 0.6) is 0 Å². The number of fused-ring (bicyclic) bond motifs is 1. The molecular weight excluding hydrogens is 264 g/mol. The van der Waals surface area contributed by atoms with Gasteiger partial charge in [0.2, 0.25) is 5.91 Å². The summed E-state index contributed by atoms with van der Waals surface area (Å²) in [5.41, 5.74) is 1.78. The minimum atomic E-state index is -1.08. The van der Waals surface area contributed by atoms with E-state index in [1.165, 1.54) is 4.90 Å². The average molecular weight is 280 g/mol. The Bertz CT molecular complexity index is 543. The number of carbonyl (C=O) groups excluding carboxylic acids is 1. The molecule has 0 saturated carbocycles. The van der Waals surface area contributed by atoms with Gasteiger partial charge in [0.15, 0.2) is 0 Å². The summed E-state index contributed by atoms with van der Waals surface area (Å²) in [6.45, 7) is 0.571. The fourth-order valence-electron chi connectivity index (χ4n) is 2.84. The molecule has 1 amide bonds. The van der Waals surface area contributed by atoms with Crippen molar-refractivity contribution in [1.82, 2.24) is 20.2 Å². The lowest BCUT2D eigenvalue weighted by Gasteiger charge is -2.29. The van der Waals surface area contributed by atoms with Crippen LogP contribution in [0.1, 0.15) is 17.8 Å². The first-order chi connectivity index (χ1) is 9.56. The summed E-state index contributed by atoms with van der Waals surface area (Å²) in [5, 5.41) is 21.8. The molecule has 0 radical (unpaired) electrons. The van der Waals surface area contributed by atoms with Gasteiger partial charge in [-0.3, -0.25) is 10.1 Å². The SMILES string of the molecule is O=C(O)[C@@H]1C[C@@H](O)CN1C(=O)C1Cc2nc[nH]c2CN1. The molecule has 0 aromatic carbocycles. The van der Waals surface area contributed by atoms with Crippen molar-refractivity contribution in [3.05, 3.63) is 17.7 Å². The fourth-order valence-corrected chi connectivity index (χ4v) is 2.84. The van der Waals surface area contributed by atoms with Crippen LogP contribution in [0.25, 0.3) is 0 Å². The molecule has 1 aromatic heterocycles. The number of imidazole rings is 1. The van der Waals surface area contributed by atoms with Gasteiger partial charge in [-0.2, -0.15) is 0 Å². The van der Waals surface area contributed by atoms with Crippen LogP contribution in [0.15, 0.2) is 6.33 Å². The molecular formula is C12H16N4O4. The van der Waals surface area contributed by atoms with Gasteiger partial charge >= 0.3 is 5.97 Å². The molecule has 1 aromatic rings. The summed E-state index contributed by atoms with van der Waals surface area (Å²) in [7, 11) is 0. The van der Waals surface area contributed by atoms with Crippen molar-refractivity contribution >= 4 is 11.9 Å². The van der Waals surface area contributed by atoms with E-state index < -0.39 is 24.2 Å². The van der Waals surface area contributed by atoms with Gasteiger partial charge in [0.25, 0.3) is 0 Å². The zero-order valence-corrected chi connectivity index (χ0v) is 10.7. The minimum absolute atomic E-state index is 0.0708. The Morgan fingerprint density at radius 1 is 1.45 bits per heavy atom. The Morgan fingerprint density at radius 2 is 2.25 bits per heavy atom. The maximum Gasteiger partial charge on any atom is 0.326 e. The van der Waals surface area contributed by atoms with E-state index in [4.69, 9.17) is 5.11 Å². The van der Waals surface area contributed by atoms with Gasteiger partial charge in [-0.15, -0.1) is 0 Å². The number of nitrogens with one attached hydrogen (secondary N) is 2. The van der Waals surface area contributed by atoms with Crippen LogP contribution >= 0.6 is 0 Å². The number of aliphatic hydroxyl groups excluding tert-OH is 1. The van der Waals surface area contributed by atoms with Crippen LogP contribution in [0.2, 0.25) is 0 Å². The molecule has 4 N–H and O–H groups in total. The molecule has 0 spiro atoms. The van der Waals surface area contributed by atoms with Crippen molar-refractivity contribution in [3.63, 3.8) is 0 Å². The summed E-state index contributed by atoms with van der Waals surface area (Å²) >= 11 is 0. The van der Waals surface area contributed by atoms with Gasteiger partial charge in [0.05, 0.1) is 29.9 Å². The minimum Gasteiger partial charge on any atom is -0.480 e. The molecule has 1 fully saturated rings. The third-order valence-corrected chi connectivity index (χ3v) is 3.88. The largest absolute Gasteiger partial charge is 0.480 e. The molecule has 2 aliphatic heterocycles. The van der Waals surface area contributed by atoms with E-state index in [-0.39, 0.29) is 18.9 Å². The molecule has 8 heteroatoms. The van der Waals surface area contributed by atoms with Crippen LogP contribution in [0, 0.1) is 0 Å². The standard InChI is InChI=1S/C12H16N4O4/c17-6-1-10(12(19)20)16(4-6)11(18)8-2-7-9(3-13-8)15-5-14-7/h5-6,8,10,13,17H,1-4H2,(H,14,15)(H,19,20)/t6-,8?,10+/m1/s1. The number of aromatic nitrogens is 2. The van der Waals surface area contributed by atoms with Crippen molar-refractivity contribution in [3.8, 4) is 0 Å². The number of hydrogen-bond donors (Lipinski definition) is 4. The topological polar surface area (TPSA) is 119 Å². The maximum atomic E-state index is 12.4. The zero-order valence-electron chi connectivity index (χ0n) is 10.7. The number of amides is 1. The van der Waals surface area contributed by atoms with Crippen molar-refractivity contribution < 1.29 is 19.8 Å². The number of rotatable bonds is 2. The van der Waals surface area contributed by atoms with Crippen LogP contribution in [0.3, 0.4) is 0 Å². The number of aliphatic carboxylic acids is 1. The van der Waals surface area contributed by atoms with E-state index in [0.29, 0.717) is 13.0 Å². The van der Waals surface area contributed by atoms with Gasteiger partial charge in [-0.25, -0.2) is 9.78 Å². The molecule has 3 rings (SSSR count). The molecule has 0 aliphatic carbocycles. The van der Waals surface area contributed by atoms with Crippen molar-refractivity contribution in [2.24, 2.45) is 0 Å². The number of carbonyl (C=O) groups is 2. The lowest BCUT2D eigenvalue weighted by molar-refractivity contribution is -0.149. The van der Waals surface area contributed by atoms with Crippen molar-refractivity contribution in [1.29, 1.82) is 0 Å². The number of carboxylic acid groups (broad SMARTS) is 1. The monoisotopic (exact) mass is 280 g/mol. The second-order valence-corrected chi connectivity index (χ2v) is 5.20. The van der Waals surface area contributed by atoms with Crippen molar-refractivity contribution in [2.45, 2.75) is 37.6 Å². The molecule has 0 bridgehead atoms. The number of carboxylic acids is 1. The predicted octanol–water partition coefficient (Wildman–Crippen LogP) is -1.53. The molecule has 1 unspecified atom stereocenters. The molecule has 2 aliphatic rings. The van der Waals surface area contributed by atoms with Gasteiger partial charge in [-0.1, -0.05) is 0 Å². The smallest absolute Gasteiger partial charge is 0.326 e. The zero-order chi connectivity index (χ0) is 14.3. The lowest BCUT2D eigenvalue weighted by atomic mass is 10.0. The van der Waals surface area contributed by atoms with Crippen LogP contribution < -0.4 is 5.32 Å². The normalized spacial score (nSPS) is 29.2. The van der Waals surface area contributed by atoms with Gasteiger partial charge in [0.1, 0.15) is 6.04 Å². The Hall–Kier alpha value is -1.93. The van der Waals surface area contributed by atoms with Gasteiger partial charge < -0.3 is 20.1 Å². The summed E-state index contributed by atoms with van der Waals surface area (Å²) in [5.74, 6) is -1.37. The second-order valence-electron chi connectivity index (χ2n) is 5.20. The Kier molecular flexibility index (Phi) is 3.19. The highest BCUT2D eigenvalue weighted by Crippen LogP contribution is 2.21. The van der Waals surface area contributed by atoms with E-state index in [1.807, 2.05) is 0 Å². The number of β-amino-alcohol motifs (C(OH)–C–C–N with tert-alkyl or cyclic N) is 1. The Labute approximate surface area is 114 Å². The number of aromatic amines is 1. The lowest BCUT2D eigenvalue weighted by Crippen LogP contribution is -2.52. The molecule has 20 heavy (non-hydrogen) atoms. The third kappa shape index (κ3) is 2.16. The van der Waals surface area contributed by atoms with Crippen LogP contribution in [-0.2, 0) is 22.6 Å². The first kappa shape index (κ1) is 13.1. The van der Waals surface area contributed by atoms with Crippen molar-refractivity contribution in [2.75, 3.05) is 6.54 Å². The molecule has 1 saturated heterocycles. The first-order valence-electron chi connectivity index (χ1n) is 6.52. The van der Waals surface area contributed by atoms with Crippen LogP contribution in [-0.4, -0.2) is 61.7 Å². The third-order valence-electron chi connectivity index (χ3n) is 3.88. The molecule has 3 atom stereocenters. The molecule has 3 heterocycles. The summed E-state index contributed by atoms with van der Waals surface area (Å²) in [4.78, 5) is 32.0. The van der Waals surface area contributed by atoms with Gasteiger partial charge in [0, 0.05) is 25.9 Å². The first-order valence-corrected chi connectivity index (χ1v) is 6.52.